The van der Waals surface area contributed by atoms with Gasteiger partial charge in [-0.2, -0.15) is 0 Å². The Morgan fingerprint density at radius 3 is 1.67 bits per heavy atom. The fourth-order valence-corrected chi connectivity index (χ4v) is 18.8. The average Bonchev–Trinajstić information content (AvgIpc) is 4.13. The number of hydrogen-bond donors (Lipinski definition) is 0. The molecule has 1 aromatic heterocycles. The molecule has 0 aliphatic heterocycles. The molecule has 0 amide bonds. The molecule has 6 atom stereocenters. The first-order valence-corrected chi connectivity index (χ1v) is 27.5. The van der Waals surface area contributed by atoms with Crippen LogP contribution < -0.4 is 4.90 Å². The van der Waals surface area contributed by atoms with Gasteiger partial charge in [0.2, 0.25) is 0 Å². The molecule has 1 heterocycles. The highest BCUT2D eigenvalue weighted by Crippen LogP contribution is 2.79. The standard InChI is InChI=1S/C70H57NS/c1-42-35-45-38-44-39-46(36-42)70(45)64-41-49(32-34-62(64)69(61-29-13-12-28-60(61)68(44,70)4)58-26-10-6-20-52(58)53-21-7-11-27-59(53)69)71(48-31-33-54-51-19-5-9-25-57(51)67(2,3)63(54)40-48)47-18-15-17-43(37-47)50-23-16-24-56-55-22-8-14-30-65(55)72-66(50)56/h5-34,37,40-42,44-46H,35-36,38-39H2,1-4H3/t42?,44?,45-,46+,68-,70?/m0/s1. The Morgan fingerprint density at radius 1 is 0.403 bits per heavy atom. The Morgan fingerprint density at radius 2 is 0.931 bits per heavy atom. The Hall–Kier alpha value is -7.00. The number of nitrogens with zero attached hydrogens (tertiary/aromatic N) is 1. The van der Waals surface area contributed by atoms with Gasteiger partial charge >= 0.3 is 0 Å². The molecule has 2 heteroatoms. The molecule has 348 valence electrons. The summed E-state index contributed by atoms with van der Waals surface area (Å²) >= 11 is 1.92. The number of anilines is 3. The summed E-state index contributed by atoms with van der Waals surface area (Å²) in [6.45, 7) is 10.2. The number of thiophene rings is 1. The van der Waals surface area contributed by atoms with Crippen molar-refractivity contribution >= 4 is 48.6 Å². The number of hydrogen-bond acceptors (Lipinski definition) is 2. The molecule has 9 aromatic carbocycles. The third-order valence-corrected chi connectivity index (χ3v) is 21.3. The van der Waals surface area contributed by atoms with E-state index in [1.54, 1.807) is 11.1 Å². The predicted molar refractivity (Wildman–Crippen MR) is 301 cm³/mol. The predicted octanol–water partition coefficient (Wildman–Crippen LogP) is 18.5. The second-order valence-electron chi connectivity index (χ2n) is 23.4. The third-order valence-electron chi connectivity index (χ3n) is 20.1. The van der Waals surface area contributed by atoms with Crippen LogP contribution in [0.15, 0.2) is 200 Å². The van der Waals surface area contributed by atoms with E-state index in [2.05, 4.69) is 233 Å². The minimum atomic E-state index is -0.461. The fraction of sp³-hybridized carbons (Fsp3) is 0.229. The lowest BCUT2D eigenvalue weighted by Gasteiger charge is -2.54. The summed E-state index contributed by atoms with van der Waals surface area (Å²) < 4.78 is 2.69. The van der Waals surface area contributed by atoms with E-state index in [0.717, 1.165) is 5.92 Å². The van der Waals surface area contributed by atoms with Gasteiger partial charge in [0.15, 0.2) is 0 Å². The molecule has 2 bridgehead atoms. The van der Waals surface area contributed by atoms with Crippen LogP contribution in [-0.4, -0.2) is 0 Å². The van der Waals surface area contributed by atoms with Crippen molar-refractivity contribution in [3.05, 3.63) is 245 Å². The molecular weight excluding hydrogens is 887 g/mol. The van der Waals surface area contributed by atoms with Crippen molar-refractivity contribution in [3.8, 4) is 33.4 Å². The summed E-state index contributed by atoms with van der Waals surface area (Å²) in [4.78, 5) is 2.64. The van der Waals surface area contributed by atoms with Crippen LogP contribution in [0.2, 0.25) is 0 Å². The zero-order valence-electron chi connectivity index (χ0n) is 41.5. The van der Waals surface area contributed by atoms with Crippen LogP contribution in [0.25, 0.3) is 53.6 Å². The first-order valence-electron chi connectivity index (χ1n) is 26.7. The van der Waals surface area contributed by atoms with E-state index in [0.29, 0.717) is 17.8 Å². The van der Waals surface area contributed by atoms with E-state index in [-0.39, 0.29) is 16.2 Å². The van der Waals surface area contributed by atoms with Gasteiger partial charge in [0.25, 0.3) is 0 Å². The SMILES string of the molecule is CC1C[C@@H]2CC3C[C@H](C1)C21c2cc(N(c4cccc(-c5cccc6c5sc5ccccc56)c4)c4ccc5c(c4)C(C)(C)c4ccccc4-5)ccc2C2(c4ccccc4-c4ccccc42)c2ccccc2[C@]31C. The lowest BCUT2D eigenvalue weighted by molar-refractivity contribution is 0.0675. The van der Waals surface area contributed by atoms with Gasteiger partial charge in [-0.1, -0.05) is 185 Å². The largest absolute Gasteiger partial charge is 0.310 e. The number of fused-ring (bicyclic) bond motifs is 15. The first-order chi connectivity index (χ1) is 35.2. The summed E-state index contributed by atoms with van der Waals surface area (Å²) in [5.41, 5.74) is 22.9. The van der Waals surface area contributed by atoms with E-state index >= 15 is 0 Å². The van der Waals surface area contributed by atoms with Crippen LogP contribution >= 0.6 is 11.3 Å². The molecule has 0 N–H and O–H groups in total. The average molecular weight is 944 g/mol. The Balaban J connectivity index is 0.996. The van der Waals surface area contributed by atoms with Crippen LogP contribution in [0.3, 0.4) is 0 Å². The maximum Gasteiger partial charge on any atom is 0.0719 e. The minimum absolute atomic E-state index is 0.0203. The molecule has 16 rings (SSSR count). The van der Waals surface area contributed by atoms with Crippen molar-refractivity contribution in [2.45, 2.75) is 75.0 Å². The molecule has 6 aliphatic rings. The fourth-order valence-electron chi connectivity index (χ4n) is 17.6. The zero-order valence-corrected chi connectivity index (χ0v) is 42.4. The molecule has 6 aliphatic carbocycles. The molecule has 2 spiro atoms. The Bertz CT molecular complexity index is 3900. The van der Waals surface area contributed by atoms with Gasteiger partial charge in [0.1, 0.15) is 0 Å². The number of rotatable bonds is 4. The maximum absolute atomic E-state index is 2.78. The molecule has 1 nitrogen and oxygen atoms in total. The minimum Gasteiger partial charge on any atom is -0.310 e. The van der Waals surface area contributed by atoms with Crippen molar-refractivity contribution in [1.29, 1.82) is 0 Å². The summed E-state index contributed by atoms with van der Waals surface area (Å²) in [7, 11) is 0. The topological polar surface area (TPSA) is 3.24 Å². The van der Waals surface area contributed by atoms with Gasteiger partial charge in [0.05, 0.1) is 5.41 Å². The summed E-state index contributed by atoms with van der Waals surface area (Å²) in [6.07, 6.45) is 5.21. The Labute approximate surface area is 427 Å². The van der Waals surface area contributed by atoms with Gasteiger partial charge in [-0.15, -0.1) is 11.3 Å². The molecule has 0 radical (unpaired) electrons. The molecular formula is C70H57NS. The van der Waals surface area contributed by atoms with Crippen molar-refractivity contribution in [2.75, 3.05) is 4.90 Å². The van der Waals surface area contributed by atoms with Gasteiger partial charge in [-0.3, -0.25) is 0 Å². The van der Waals surface area contributed by atoms with E-state index in [1.807, 2.05) is 11.3 Å². The first kappa shape index (κ1) is 41.6. The number of benzene rings is 9. The third kappa shape index (κ3) is 4.96. The molecule has 10 aromatic rings. The van der Waals surface area contributed by atoms with E-state index in [9.17, 15) is 0 Å². The van der Waals surface area contributed by atoms with Crippen molar-refractivity contribution in [2.24, 2.45) is 23.7 Å². The molecule has 3 saturated carbocycles. The van der Waals surface area contributed by atoms with Crippen LogP contribution in [-0.2, 0) is 21.7 Å². The van der Waals surface area contributed by atoms with E-state index in [1.165, 1.54) is 130 Å². The quantitative estimate of drug-likeness (QED) is 0.170. The molecule has 3 unspecified atom stereocenters. The second-order valence-corrected chi connectivity index (χ2v) is 24.4. The van der Waals surface area contributed by atoms with E-state index < -0.39 is 5.41 Å². The highest BCUT2D eigenvalue weighted by molar-refractivity contribution is 7.26. The summed E-state index contributed by atoms with van der Waals surface area (Å²) in [5.74, 6) is 2.57. The lowest BCUT2D eigenvalue weighted by atomic mass is 9.49. The van der Waals surface area contributed by atoms with Gasteiger partial charge in [-0.05, 0) is 170 Å². The highest BCUT2D eigenvalue weighted by atomic mass is 32.1. The van der Waals surface area contributed by atoms with Crippen LogP contribution in [0.4, 0.5) is 17.1 Å². The van der Waals surface area contributed by atoms with Crippen LogP contribution in [0, 0.1) is 23.7 Å². The smallest absolute Gasteiger partial charge is 0.0719 e. The van der Waals surface area contributed by atoms with Crippen molar-refractivity contribution in [3.63, 3.8) is 0 Å². The van der Waals surface area contributed by atoms with Crippen LogP contribution in [0.1, 0.15) is 97.9 Å². The lowest BCUT2D eigenvalue weighted by Crippen LogP contribution is -2.52. The monoisotopic (exact) mass is 943 g/mol. The van der Waals surface area contributed by atoms with Gasteiger partial charge in [-0.25, -0.2) is 0 Å². The highest BCUT2D eigenvalue weighted by Gasteiger charge is 2.75. The summed E-state index contributed by atoms with van der Waals surface area (Å²) in [5, 5.41) is 2.67. The van der Waals surface area contributed by atoms with Crippen LogP contribution in [0.5, 0.6) is 0 Å². The van der Waals surface area contributed by atoms with Crippen molar-refractivity contribution < 1.29 is 0 Å². The molecule has 0 saturated heterocycles. The van der Waals surface area contributed by atoms with Gasteiger partial charge in [0, 0.05) is 53.5 Å². The maximum atomic E-state index is 2.78. The second kappa shape index (κ2) is 14.4. The van der Waals surface area contributed by atoms with Gasteiger partial charge < -0.3 is 4.90 Å². The van der Waals surface area contributed by atoms with E-state index in [4.69, 9.17) is 0 Å². The summed E-state index contributed by atoms with van der Waals surface area (Å²) in [6, 6.07) is 78.4. The zero-order chi connectivity index (χ0) is 47.9. The Kier molecular flexibility index (Phi) is 8.30. The normalized spacial score (nSPS) is 24.8. The van der Waals surface area contributed by atoms with Crippen molar-refractivity contribution in [1.82, 2.24) is 0 Å². The molecule has 72 heavy (non-hydrogen) atoms. The molecule has 3 fully saturated rings.